The highest BCUT2D eigenvalue weighted by Crippen LogP contribution is 2.24. The van der Waals surface area contributed by atoms with Crippen LogP contribution < -0.4 is 10.3 Å². The summed E-state index contributed by atoms with van der Waals surface area (Å²) in [7, 11) is -3.79. The first-order valence-corrected chi connectivity index (χ1v) is 9.58. The number of halogens is 1. The Kier molecular flexibility index (Phi) is 4.84. The summed E-state index contributed by atoms with van der Waals surface area (Å²) in [4.78, 5) is 18.6. The molecule has 0 aliphatic heterocycles. The molecule has 2 aromatic carbocycles. The summed E-state index contributed by atoms with van der Waals surface area (Å²) in [5.41, 5.74) is 2.04. The number of sulfonamides is 1. The quantitative estimate of drug-likeness (QED) is 0.714. The van der Waals surface area contributed by atoms with E-state index in [9.17, 15) is 13.2 Å². The molecule has 0 amide bonds. The van der Waals surface area contributed by atoms with Gasteiger partial charge in [0.2, 0.25) is 0 Å². The number of rotatable bonds is 4. The molecule has 3 aromatic rings. The molecule has 0 aliphatic carbocycles. The molecule has 0 aliphatic rings. The molecular formula is C18H16ClN3O3S. The number of nitrogens with one attached hydrogen (secondary N) is 2. The van der Waals surface area contributed by atoms with Gasteiger partial charge in [-0.1, -0.05) is 29.8 Å². The standard InChI is InChI=1S/C18H16ClN3O3S/c1-11-6-7-15(10-16(11)19)26(24,25)22-14-5-3-4-13(9-14)18-20-12(2)8-17(23)21-18/h3-10,22H,1-2H3,(H,20,21,23). The van der Waals surface area contributed by atoms with Crippen molar-refractivity contribution in [3.8, 4) is 11.4 Å². The molecule has 134 valence electrons. The van der Waals surface area contributed by atoms with Crippen LogP contribution in [-0.2, 0) is 10.0 Å². The van der Waals surface area contributed by atoms with Crippen LogP contribution >= 0.6 is 11.6 Å². The van der Waals surface area contributed by atoms with E-state index in [0.717, 1.165) is 5.56 Å². The van der Waals surface area contributed by atoms with Crippen LogP contribution in [0.25, 0.3) is 11.4 Å². The topological polar surface area (TPSA) is 91.9 Å². The highest BCUT2D eigenvalue weighted by molar-refractivity contribution is 7.92. The van der Waals surface area contributed by atoms with Crippen LogP contribution in [0.2, 0.25) is 5.02 Å². The maximum atomic E-state index is 12.6. The maximum absolute atomic E-state index is 12.6. The van der Waals surface area contributed by atoms with Crippen molar-refractivity contribution in [2.75, 3.05) is 4.72 Å². The van der Waals surface area contributed by atoms with E-state index in [4.69, 9.17) is 11.6 Å². The predicted octanol–water partition coefficient (Wildman–Crippen LogP) is 3.51. The molecule has 6 nitrogen and oxygen atoms in total. The maximum Gasteiger partial charge on any atom is 0.261 e. The molecular weight excluding hydrogens is 374 g/mol. The third-order valence-electron chi connectivity index (χ3n) is 3.71. The van der Waals surface area contributed by atoms with Gasteiger partial charge in [-0.25, -0.2) is 13.4 Å². The van der Waals surface area contributed by atoms with Crippen molar-refractivity contribution in [2.45, 2.75) is 18.7 Å². The first kappa shape index (κ1) is 18.2. The van der Waals surface area contributed by atoms with Gasteiger partial charge < -0.3 is 4.98 Å². The Bertz CT molecular complexity index is 1140. The zero-order valence-corrected chi connectivity index (χ0v) is 15.6. The fraction of sp³-hybridized carbons (Fsp3) is 0.111. The Labute approximate surface area is 155 Å². The molecule has 0 fully saturated rings. The minimum Gasteiger partial charge on any atom is -0.307 e. The summed E-state index contributed by atoms with van der Waals surface area (Å²) >= 11 is 6.02. The molecule has 1 aromatic heterocycles. The fourth-order valence-electron chi connectivity index (χ4n) is 2.40. The lowest BCUT2D eigenvalue weighted by atomic mass is 10.2. The van der Waals surface area contributed by atoms with Gasteiger partial charge in [-0.05, 0) is 43.7 Å². The first-order chi connectivity index (χ1) is 12.2. The Morgan fingerprint density at radius 3 is 2.54 bits per heavy atom. The number of aryl methyl sites for hydroxylation is 2. The van der Waals surface area contributed by atoms with Crippen molar-refractivity contribution in [3.63, 3.8) is 0 Å². The molecule has 0 saturated heterocycles. The van der Waals surface area contributed by atoms with Crippen LogP contribution in [0.15, 0.2) is 58.2 Å². The summed E-state index contributed by atoms with van der Waals surface area (Å²) in [6.45, 7) is 3.51. The number of hydrogen-bond acceptors (Lipinski definition) is 4. The molecule has 1 heterocycles. The Hall–Kier alpha value is -2.64. The van der Waals surface area contributed by atoms with E-state index in [1.165, 1.54) is 18.2 Å². The van der Waals surface area contributed by atoms with Crippen LogP contribution in [0.5, 0.6) is 0 Å². The molecule has 0 spiro atoms. The lowest BCUT2D eigenvalue weighted by Crippen LogP contribution is -2.13. The summed E-state index contributed by atoms with van der Waals surface area (Å²) in [6, 6.07) is 12.6. The lowest BCUT2D eigenvalue weighted by Gasteiger charge is -2.10. The van der Waals surface area contributed by atoms with Crippen molar-refractivity contribution in [1.82, 2.24) is 9.97 Å². The van der Waals surface area contributed by atoms with Crippen molar-refractivity contribution < 1.29 is 8.42 Å². The third-order valence-corrected chi connectivity index (χ3v) is 5.50. The van der Waals surface area contributed by atoms with Crippen LogP contribution in [0.3, 0.4) is 0 Å². The minimum absolute atomic E-state index is 0.0700. The first-order valence-electron chi connectivity index (χ1n) is 7.72. The second-order valence-corrected chi connectivity index (χ2v) is 7.92. The van der Waals surface area contributed by atoms with Crippen LogP contribution in [0.4, 0.5) is 5.69 Å². The van der Waals surface area contributed by atoms with E-state index in [1.807, 2.05) is 0 Å². The SMILES string of the molecule is Cc1cc(=O)[nH]c(-c2cccc(NS(=O)(=O)c3ccc(C)c(Cl)c3)c2)n1. The molecule has 0 radical (unpaired) electrons. The van der Waals surface area contributed by atoms with Gasteiger partial charge in [-0.15, -0.1) is 0 Å². The summed E-state index contributed by atoms with van der Waals surface area (Å²) < 4.78 is 27.7. The van der Waals surface area contributed by atoms with E-state index in [-0.39, 0.29) is 10.5 Å². The van der Waals surface area contributed by atoms with Crippen LogP contribution in [-0.4, -0.2) is 18.4 Å². The van der Waals surface area contributed by atoms with Crippen molar-refractivity contribution in [1.29, 1.82) is 0 Å². The second-order valence-electron chi connectivity index (χ2n) is 5.83. The highest BCUT2D eigenvalue weighted by Gasteiger charge is 2.16. The highest BCUT2D eigenvalue weighted by atomic mass is 35.5. The summed E-state index contributed by atoms with van der Waals surface area (Å²) in [5.74, 6) is 0.370. The zero-order valence-electron chi connectivity index (χ0n) is 14.1. The van der Waals surface area contributed by atoms with Gasteiger partial charge >= 0.3 is 0 Å². The van der Waals surface area contributed by atoms with Gasteiger partial charge in [0.25, 0.3) is 15.6 Å². The summed E-state index contributed by atoms with van der Waals surface area (Å²) in [6.07, 6.45) is 0. The average molecular weight is 390 g/mol. The van der Waals surface area contributed by atoms with Gasteiger partial charge in [-0.2, -0.15) is 0 Å². The molecule has 0 unspecified atom stereocenters. The van der Waals surface area contributed by atoms with Crippen LogP contribution in [0.1, 0.15) is 11.3 Å². The number of nitrogens with zero attached hydrogens (tertiary/aromatic N) is 1. The number of aromatic amines is 1. The van der Waals surface area contributed by atoms with Gasteiger partial charge in [0.15, 0.2) is 0 Å². The molecule has 2 N–H and O–H groups in total. The minimum atomic E-state index is -3.79. The van der Waals surface area contributed by atoms with Gasteiger partial charge in [0.05, 0.1) is 4.90 Å². The Balaban J connectivity index is 1.95. The van der Waals surface area contributed by atoms with Crippen molar-refractivity contribution >= 4 is 27.3 Å². The van der Waals surface area contributed by atoms with E-state index in [0.29, 0.717) is 27.8 Å². The largest absolute Gasteiger partial charge is 0.307 e. The number of aromatic nitrogens is 2. The number of hydrogen-bond donors (Lipinski definition) is 2. The monoisotopic (exact) mass is 389 g/mol. The Morgan fingerprint density at radius 2 is 1.85 bits per heavy atom. The zero-order chi connectivity index (χ0) is 18.9. The van der Waals surface area contributed by atoms with Crippen LogP contribution in [0, 0.1) is 13.8 Å². The molecule has 26 heavy (non-hydrogen) atoms. The van der Waals surface area contributed by atoms with Gasteiger partial charge in [0.1, 0.15) is 5.82 Å². The fourth-order valence-corrected chi connectivity index (χ4v) is 3.72. The number of H-pyrrole nitrogens is 1. The normalized spacial score (nSPS) is 11.3. The molecule has 3 rings (SSSR count). The lowest BCUT2D eigenvalue weighted by molar-refractivity contribution is 0.601. The average Bonchev–Trinajstić information content (AvgIpc) is 2.56. The molecule has 0 atom stereocenters. The number of benzene rings is 2. The Morgan fingerprint density at radius 1 is 1.08 bits per heavy atom. The number of anilines is 1. The molecule has 8 heteroatoms. The molecule has 0 saturated carbocycles. The van der Waals surface area contributed by atoms with E-state index < -0.39 is 10.0 Å². The second kappa shape index (κ2) is 6.93. The van der Waals surface area contributed by atoms with Crippen molar-refractivity contribution in [2.24, 2.45) is 0 Å². The molecule has 0 bridgehead atoms. The van der Waals surface area contributed by atoms with E-state index in [2.05, 4.69) is 14.7 Å². The van der Waals surface area contributed by atoms with Crippen molar-refractivity contribution in [3.05, 3.63) is 75.2 Å². The van der Waals surface area contributed by atoms with Gasteiger partial charge in [-0.3, -0.25) is 9.52 Å². The van der Waals surface area contributed by atoms with E-state index in [1.54, 1.807) is 44.2 Å². The predicted molar refractivity (Wildman–Crippen MR) is 102 cm³/mol. The van der Waals surface area contributed by atoms with Gasteiger partial charge in [0, 0.05) is 28.0 Å². The summed E-state index contributed by atoms with van der Waals surface area (Å²) in [5, 5.41) is 0.378. The smallest absolute Gasteiger partial charge is 0.261 e. The van der Waals surface area contributed by atoms with E-state index >= 15 is 0 Å². The third kappa shape index (κ3) is 3.95.